The van der Waals surface area contributed by atoms with Crippen molar-refractivity contribution >= 4 is 0 Å². The number of aromatic nitrogens is 3. The van der Waals surface area contributed by atoms with E-state index in [-0.39, 0.29) is 0 Å². The largest absolute Gasteiger partial charge is 0.493 e. The molecule has 17 heavy (non-hydrogen) atoms. The Hall–Kier alpha value is -1.84. The lowest BCUT2D eigenvalue weighted by Gasteiger charge is -2.11. The third kappa shape index (κ3) is 2.30. The van der Waals surface area contributed by atoms with Crippen LogP contribution in [0.4, 0.5) is 0 Å². The second kappa shape index (κ2) is 4.57. The zero-order chi connectivity index (χ0) is 12.4. The molecule has 0 radical (unpaired) electrons. The van der Waals surface area contributed by atoms with Crippen LogP contribution in [0, 0.1) is 6.92 Å². The van der Waals surface area contributed by atoms with E-state index in [1.54, 1.807) is 13.4 Å². The maximum absolute atomic E-state index is 5.39. The molecule has 2 aromatic rings. The first kappa shape index (κ1) is 11.6. The first-order valence-corrected chi connectivity index (χ1v) is 5.66. The molecule has 0 N–H and O–H groups in total. The number of pyridine rings is 1. The number of methoxy groups -OCH3 is 1. The van der Waals surface area contributed by atoms with E-state index in [9.17, 15) is 0 Å². The Labute approximate surface area is 101 Å². The van der Waals surface area contributed by atoms with Crippen molar-refractivity contribution in [2.75, 3.05) is 7.11 Å². The van der Waals surface area contributed by atoms with Gasteiger partial charge in [-0.1, -0.05) is 13.8 Å². The molecule has 0 aliphatic heterocycles. The van der Waals surface area contributed by atoms with Crippen LogP contribution in [-0.4, -0.2) is 21.6 Å². The van der Waals surface area contributed by atoms with Crippen LogP contribution in [-0.2, 0) is 0 Å². The number of rotatable bonds is 3. The summed E-state index contributed by atoms with van der Waals surface area (Å²) in [7, 11) is 1.66. The number of ether oxygens (including phenoxy) is 1. The number of aryl methyl sites for hydroxylation is 1. The molecule has 4 heteroatoms. The van der Waals surface area contributed by atoms with E-state index in [0.717, 1.165) is 17.3 Å². The van der Waals surface area contributed by atoms with Gasteiger partial charge in [-0.15, -0.1) is 0 Å². The number of imidazole rings is 1. The van der Waals surface area contributed by atoms with Crippen molar-refractivity contribution in [1.29, 1.82) is 0 Å². The Balaban J connectivity index is 2.48. The lowest BCUT2D eigenvalue weighted by Crippen LogP contribution is -2.01. The molecule has 90 valence electrons. The van der Waals surface area contributed by atoms with Crippen LogP contribution < -0.4 is 4.74 Å². The Kier molecular flexibility index (Phi) is 3.13. The molecule has 0 saturated carbocycles. The summed E-state index contributed by atoms with van der Waals surface area (Å²) < 4.78 is 7.26. The summed E-state index contributed by atoms with van der Waals surface area (Å²) in [5.41, 5.74) is 2.13. The first-order valence-electron chi connectivity index (χ1n) is 5.66. The molecule has 0 unspecified atom stereocenters. The highest BCUT2D eigenvalue weighted by Crippen LogP contribution is 2.25. The summed E-state index contributed by atoms with van der Waals surface area (Å²) >= 11 is 0. The van der Waals surface area contributed by atoms with Crippen molar-refractivity contribution in [2.45, 2.75) is 26.7 Å². The minimum atomic E-state index is 0.440. The van der Waals surface area contributed by atoms with E-state index >= 15 is 0 Å². The third-order valence-corrected chi connectivity index (χ3v) is 2.70. The molecule has 0 aliphatic rings. The van der Waals surface area contributed by atoms with Crippen LogP contribution in [0.1, 0.15) is 31.0 Å². The molecule has 4 nitrogen and oxygen atoms in total. The summed E-state index contributed by atoms with van der Waals surface area (Å²) in [4.78, 5) is 8.65. The van der Waals surface area contributed by atoms with Gasteiger partial charge in [-0.2, -0.15) is 0 Å². The number of nitrogens with zero attached hydrogens (tertiary/aromatic N) is 3. The van der Waals surface area contributed by atoms with E-state index in [4.69, 9.17) is 4.74 Å². The quantitative estimate of drug-likeness (QED) is 0.815. The molecular weight excluding hydrogens is 214 g/mol. The van der Waals surface area contributed by atoms with Gasteiger partial charge in [-0.3, -0.25) is 4.57 Å². The highest BCUT2D eigenvalue weighted by atomic mass is 16.5. The second-order valence-electron chi connectivity index (χ2n) is 4.37. The molecule has 0 atom stereocenters. The van der Waals surface area contributed by atoms with E-state index in [1.165, 1.54) is 5.56 Å². The summed E-state index contributed by atoms with van der Waals surface area (Å²) in [5, 5.41) is 0. The molecule has 0 bridgehead atoms. The SMILES string of the molecule is COc1cc(C(C)C)cnc1-n1cnc(C)c1. The number of hydrogen-bond acceptors (Lipinski definition) is 3. The van der Waals surface area contributed by atoms with Gasteiger partial charge in [0.05, 0.1) is 12.8 Å². The fraction of sp³-hybridized carbons (Fsp3) is 0.385. The summed E-state index contributed by atoms with van der Waals surface area (Å²) in [5.74, 6) is 1.99. The topological polar surface area (TPSA) is 39.9 Å². The molecule has 0 amide bonds. The van der Waals surface area contributed by atoms with Gasteiger partial charge < -0.3 is 4.74 Å². The molecule has 0 fully saturated rings. The van der Waals surface area contributed by atoms with Gasteiger partial charge >= 0.3 is 0 Å². The third-order valence-electron chi connectivity index (χ3n) is 2.70. The first-order chi connectivity index (χ1) is 8.11. The number of hydrogen-bond donors (Lipinski definition) is 0. The van der Waals surface area contributed by atoms with Gasteiger partial charge in [0.1, 0.15) is 6.33 Å². The molecule has 2 aromatic heterocycles. The van der Waals surface area contributed by atoms with Crippen LogP contribution in [0.25, 0.3) is 5.82 Å². The van der Waals surface area contributed by atoms with E-state index in [0.29, 0.717) is 5.92 Å². The van der Waals surface area contributed by atoms with Crippen LogP contribution >= 0.6 is 0 Å². The average molecular weight is 231 g/mol. The van der Waals surface area contributed by atoms with E-state index < -0.39 is 0 Å². The highest BCUT2D eigenvalue weighted by molar-refractivity contribution is 5.43. The van der Waals surface area contributed by atoms with Crippen LogP contribution in [0.5, 0.6) is 5.75 Å². The van der Waals surface area contributed by atoms with Gasteiger partial charge in [0.15, 0.2) is 11.6 Å². The van der Waals surface area contributed by atoms with Crippen molar-refractivity contribution in [3.05, 3.63) is 36.0 Å². The van der Waals surface area contributed by atoms with Gasteiger partial charge in [0, 0.05) is 12.4 Å². The fourth-order valence-corrected chi connectivity index (χ4v) is 1.65. The average Bonchev–Trinajstić information content (AvgIpc) is 2.74. The summed E-state index contributed by atoms with van der Waals surface area (Å²) in [6, 6.07) is 2.03. The summed E-state index contributed by atoms with van der Waals surface area (Å²) in [6.07, 6.45) is 5.56. The predicted molar refractivity (Wildman–Crippen MR) is 66.7 cm³/mol. The lowest BCUT2D eigenvalue weighted by atomic mass is 10.1. The zero-order valence-corrected chi connectivity index (χ0v) is 10.6. The standard InChI is InChI=1S/C13H17N3O/c1-9(2)11-5-12(17-4)13(14-6-11)16-7-10(3)15-8-16/h5-9H,1-4H3. The molecule has 2 heterocycles. The van der Waals surface area contributed by atoms with Crippen molar-refractivity contribution in [2.24, 2.45) is 0 Å². The van der Waals surface area contributed by atoms with Crippen molar-refractivity contribution in [3.63, 3.8) is 0 Å². The van der Waals surface area contributed by atoms with Crippen molar-refractivity contribution in [3.8, 4) is 11.6 Å². The highest BCUT2D eigenvalue weighted by Gasteiger charge is 2.10. The van der Waals surface area contributed by atoms with Crippen molar-refractivity contribution < 1.29 is 4.74 Å². The van der Waals surface area contributed by atoms with E-state index in [1.807, 2.05) is 30.0 Å². The zero-order valence-electron chi connectivity index (χ0n) is 10.6. The lowest BCUT2D eigenvalue weighted by molar-refractivity contribution is 0.409. The smallest absolute Gasteiger partial charge is 0.180 e. The minimum absolute atomic E-state index is 0.440. The van der Waals surface area contributed by atoms with Gasteiger partial charge in [-0.05, 0) is 24.5 Å². The fourth-order valence-electron chi connectivity index (χ4n) is 1.65. The maximum atomic E-state index is 5.39. The summed E-state index contributed by atoms with van der Waals surface area (Å²) in [6.45, 7) is 6.22. The minimum Gasteiger partial charge on any atom is -0.493 e. The Bertz CT molecular complexity index is 517. The molecule has 0 aromatic carbocycles. The van der Waals surface area contributed by atoms with Crippen LogP contribution in [0.15, 0.2) is 24.8 Å². The van der Waals surface area contributed by atoms with Crippen LogP contribution in [0.3, 0.4) is 0 Å². The van der Waals surface area contributed by atoms with Gasteiger partial charge in [0.25, 0.3) is 0 Å². The molecule has 0 spiro atoms. The van der Waals surface area contributed by atoms with Gasteiger partial charge in [0.2, 0.25) is 0 Å². The monoisotopic (exact) mass is 231 g/mol. The van der Waals surface area contributed by atoms with E-state index in [2.05, 4.69) is 23.8 Å². The maximum Gasteiger partial charge on any atom is 0.180 e. The molecule has 0 saturated heterocycles. The normalized spacial score (nSPS) is 10.9. The Morgan fingerprint density at radius 2 is 2.06 bits per heavy atom. The molecular formula is C13H17N3O. The van der Waals surface area contributed by atoms with Gasteiger partial charge in [-0.25, -0.2) is 9.97 Å². The Morgan fingerprint density at radius 3 is 2.59 bits per heavy atom. The second-order valence-corrected chi connectivity index (χ2v) is 4.37. The van der Waals surface area contributed by atoms with Crippen LogP contribution in [0.2, 0.25) is 0 Å². The van der Waals surface area contributed by atoms with Crippen molar-refractivity contribution in [1.82, 2.24) is 14.5 Å². The Morgan fingerprint density at radius 1 is 1.29 bits per heavy atom. The predicted octanol–water partition coefficient (Wildman–Crippen LogP) is 2.71. The molecule has 2 rings (SSSR count). The molecule has 0 aliphatic carbocycles.